The molecule has 0 radical (unpaired) electrons. The number of benzene rings is 2. The molecule has 2 aromatic carbocycles. The number of rotatable bonds is 5. The van der Waals surface area contributed by atoms with Crippen molar-refractivity contribution in [1.29, 1.82) is 0 Å². The van der Waals surface area contributed by atoms with Gasteiger partial charge >= 0.3 is 0 Å². The largest absolute Gasteiger partial charge is 0.372 e. The predicted octanol–water partition coefficient (Wildman–Crippen LogP) is 3.90. The lowest BCUT2D eigenvalue weighted by Crippen LogP contribution is -2.36. The Balaban J connectivity index is 1.69. The van der Waals surface area contributed by atoms with Crippen LogP contribution in [0.1, 0.15) is 30.9 Å². The molecule has 0 bridgehead atoms. The zero-order valence-corrected chi connectivity index (χ0v) is 16.3. The summed E-state index contributed by atoms with van der Waals surface area (Å²) in [4.78, 5) is 28.5. The van der Waals surface area contributed by atoms with Gasteiger partial charge in [-0.05, 0) is 74.2 Å². The lowest BCUT2D eigenvalue weighted by molar-refractivity contribution is -0.120. The van der Waals surface area contributed by atoms with Gasteiger partial charge in [0.1, 0.15) is 6.54 Å². The van der Waals surface area contributed by atoms with Gasteiger partial charge in [0.2, 0.25) is 11.8 Å². The van der Waals surface area contributed by atoms with Gasteiger partial charge in [0.25, 0.3) is 0 Å². The Morgan fingerprint density at radius 3 is 2.15 bits per heavy atom. The summed E-state index contributed by atoms with van der Waals surface area (Å²) in [7, 11) is 0. The monoisotopic (exact) mass is 365 g/mol. The van der Waals surface area contributed by atoms with E-state index in [0.29, 0.717) is 0 Å². The summed E-state index contributed by atoms with van der Waals surface area (Å²) in [6.07, 6.45) is 2.44. The van der Waals surface area contributed by atoms with Crippen molar-refractivity contribution >= 4 is 28.9 Å². The number of amides is 2. The van der Waals surface area contributed by atoms with Crippen molar-refractivity contribution in [2.24, 2.45) is 0 Å². The molecule has 2 aromatic rings. The second-order valence-electron chi connectivity index (χ2n) is 7.24. The molecule has 1 aliphatic heterocycles. The molecule has 0 spiro atoms. The minimum atomic E-state index is -0.209. The smallest absolute Gasteiger partial charge is 0.244 e. The van der Waals surface area contributed by atoms with E-state index in [2.05, 4.69) is 16.3 Å². The van der Waals surface area contributed by atoms with Crippen LogP contribution in [0.25, 0.3) is 0 Å². The van der Waals surface area contributed by atoms with Gasteiger partial charge in [-0.2, -0.15) is 0 Å². The summed E-state index contributed by atoms with van der Waals surface area (Å²) in [6.45, 7) is 7.62. The van der Waals surface area contributed by atoms with Gasteiger partial charge in [-0.3, -0.25) is 9.59 Å². The van der Waals surface area contributed by atoms with Crippen LogP contribution in [-0.2, 0) is 9.59 Å². The molecule has 3 rings (SSSR count). The van der Waals surface area contributed by atoms with Crippen LogP contribution in [0.2, 0.25) is 0 Å². The standard InChI is InChI=1S/C22H27N3O2/c1-16-12-17(2)14-19(13-16)23-22(27)15-25(18(3)26)21-8-6-20(7-9-21)24-10-4-5-11-24/h6-9,12-14H,4-5,10-11,15H2,1-3H3,(H,23,27). The van der Waals surface area contributed by atoms with Crippen molar-refractivity contribution in [3.63, 3.8) is 0 Å². The van der Waals surface area contributed by atoms with E-state index in [1.165, 1.54) is 30.4 Å². The highest BCUT2D eigenvalue weighted by molar-refractivity contribution is 6.01. The molecule has 5 heteroatoms. The first kappa shape index (κ1) is 19.0. The Labute approximate surface area is 161 Å². The van der Waals surface area contributed by atoms with Gasteiger partial charge in [-0.1, -0.05) is 6.07 Å². The van der Waals surface area contributed by atoms with Crippen LogP contribution in [0.5, 0.6) is 0 Å². The van der Waals surface area contributed by atoms with Crippen LogP contribution in [0, 0.1) is 13.8 Å². The van der Waals surface area contributed by atoms with Gasteiger partial charge in [0, 0.05) is 37.1 Å². The van der Waals surface area contributed by atoms with Crippen molar-refractivity contribution in [3.8, 4) is 0 Å². The molecule has 0 saturated carbocycles. The molecule has 5 nitrogen and oxygen atoms in total. The van der Waals surface area contributed by atoms with Crippen LogP contribution in [0.15, 0.2) is 42.5 Å². The topological polar surface area (TPSA) is 52.7 Å². The normalized spacial score (nSPS) is 13.5. The van der Waals surface area contributed by atoms with E-state index >= 15 is 0 Å². The summed E-state index contributed by atoms with van der Waals surface area (Å²) >= 11 is 0. The fourth-order valence-electron chi connectivity index (χ4n) is 3.59. The Bertz CT molecular complexity index is 804. The van der Waals surface area contributed by atoms with E-state index in [4.69, 9.17) is 0 Å². The summed E-state index contributed by atoms with van der Waals surface area (Å²) in [5, 5.41) is 2.89. The van der Waals surface area contributed by atoms with Crippen molar-refractivity contribution in [2.75, 3.05) is 34.8 Å². The van der Waals surface area contributed by atoms with Gasteiger partial charge in [-0.25, -0.2) is 0 Å². The highest BCUT2D eigenvalue weighted by Gasteiger charge is 2.17. The first-order valence-corrected chi connectivity index (χ1v) is 9.43. The number of hydrogen-bond acceptors (Lipinski definition) is 3. The quantitative estimate of drug-likeness (QED) is 0.874. The summed E-state index contributed by atoms with van der Waals surface area (Å²) in [6, 6.07) is 13.8. The fourth-order valence-corrected chi connectivity index (χ4v) is 3.59. The summed E-state index contributed by atoms with van der Waals surface area (Å²) < 4.78 is 0. The molecule has 0 atom stereocenters. The lowest BCUT2D eigenvalue weighted by atomic mass is 10.1. The summed E-state index contributed by atoms with van der Waals surface area (Å²) in [5.41, 5.74) is 4.84. The van der Waals surface area contributed by atoms with Gasteiger partial charge in [0.05, 0.1) is 0 Å². The average Bonchev–Trinajstić information content (AvgIpc) is 3.13. The molecule has 0 aromatic heterocycles. The Hall–Kier alpha value is -2.82. The molecule has 1 N–H and O–H groups in total. The molecule has 0 unspecified atom stereocenters. The fraction of sp³-hybridized carbons (Fsp3) is 0.364. The number of nitrogens with one attached hydrogen (secondary N) is 1. The Kier molecular flexibility index (Phi) is 5.79. The van der Waals surface area contributed by atoms with Crippen molar-refractivity contribution in [2.45, 2.75) is 33.6 Å². The molecule has 0 aliphatic carbocycles. The maximum absolute atomic E-state index is 12.5. The average molecular weight is 365 g/mol. The third-order valence-corrected chi connectivity index (χ3v) is 4.82. The van der Waals surface area contributed by atoms with Crippen LogP contribution in [-0.4, -0.2) is 31.4 Å². The number of carbonyl (C=O) groups excluding carboxylic acids is 2. The zero-order chi connectivity index (χ0) is 19.4. The number of aryl methyl sites for hydroxylation is 2. The highest BCUT2D eigenvalue weighted by atomic mass is 16.2. The number of hydrogen-bond donors (Lipinski definition) is 1. The molecule has 1 saturated heterocycles. The first-order chi connectivity index (χ1) is 12.9. The van der Waals surface area contributed by atoms with Crippen molar-refractivity contribution in [3.05, 3.63) is 53.6 Å². The maximum atomic E-state index is 12.5. The molecular formula is C22H27N3O2. The predicted molar refractivity (Wildman–Crippen MR) is 110 cm³/mol. The maximum Gasteiger partial charge on any atom is 0.244 e. The summed E-state index contributed by atoms with van der Waals surface area (Å²) in [5.74, 6) is -0.363. The molecular weight excluding hydrogens is 338 g/mol. The molecule has 1 heterocycles. The third-order valence-electron chi connectivity index (χ3n) is 4.82. The Morgan fingerprint density at radius 1 is 1.00 bits per heavy atom. The minimum absolute atomic E-state index is 0.00855. The zero-order valence-electron chi connectivity index (χ0n) is 16.3. The van der Waals surface area contributed by atoms with Crippen LogP contribution in [0.4, 0.5) is 17.1 Å². The number of carbonyl (C=O) groups is 2. The number of anilines is 3. The molecule has 2 amide bonds. The minimum Gasteiger partial charge on any atom is -0.372 e. The molecule has 142 valence electrons. The second-order valence-corrected chi connectivity index (χ2v) is 7.24. The van der Waals surface area contributed by atoms with Crippen LogP contribution < -0.4 is 15.1 Å². The SMILES string of the molecule is CC(=O)N(CC(=O)Nc1cc(C)cc(C)c1)c1ccc(N2CCCC2)cc1. The van der Waals surface area contributed by atoms with E-state index < -0.39 is 0 Å². The van der Waals surface area contributed by atoms with E-state index in [0.717, 1.165) is 35.6 Å². The van der Waals surface area contributed by atoms with Gasteiger partial charge < -0.3 is 15.1 Å². The van der Waals surface area contributed by atoms with E-state index in [1.54, 1.807) is 0 Å². The van der Waals surface area contributed by atoms with E-state index in [-0.39, 0.29) is 18.4 Å². The highest BCUT2D eigenvalue weighted by Crippen LogP contribution is 2.24. The van der Waals surface area contributed by atoms with Crippen LogP contribution in [0.3, 0.4) is 0 Å². The van der Waals surface area contributed by atoms with Crippen molar-refractivity contribution in [1.82, 2.24) is 0 Å². The first-order valence-electron chi connectivity index (χ1n) is 9.43. The van der Waals surface area contributed by atoms with Crippen molar-refractivity contribution < 1.29 is 9.59 Å². The molecule has 1 fully saturated rings. The Morgan fingerprint density at radius 2 is 1.59 bits per heavy atom. The van der Waals surface area contributed by atoms with Gasteiger partial charge in [0.15, 0.2) is 0 Å². The third kappa shape index (κ3) is 4.88. The lowest BCUT2D eigenvalue weighted by Gasteiger charge is -2.23. The second kappa shape index (κ2) is 8.25. The van der Waals surface area contributed by atoms with E-state index in [1.807, 2.05) is 50.2 Å². The molecule has 27 heavy (non-hydrogen) atoms. The van der Waals surface area contributed by atoms with E-state index in [9.17, 15) is 9.59 Å². The number of nitrogens with zero attached hydrogens (tertiary/aromatic N) is 2. The van der Waals surface area contributed by atoms with Crippen LogP contribution >= 0.6 is 0 Å². The van der Waals surface area contributed by atoms with Gasteiger partial charge in [-0.15, -0.1) is 0 Å². The molecule has 1 aliphatic rings.